The number of amides is 2. The summed E-state index contributed by atoms with van der Waals surface area (Å²) < 4.78 is 0. The number of carbonyl (C=O) groups is 2. The minimum Gasteiger partial charge on any atom is -0.481 e. The lowest BCUT2D eigenvalue weighted by atomic mass is 9.66. The first kappa shape index (κ1) is 14.2. The lowest BCUT2D eigenvalue weighted by Gasteiger charge is -2.40. The Bertz CT molecular complexity index is 336. The summed E-state index contributed by atoms with van der Waals surface area (Å²) in [4.78, 5) is 22.4. The Kier molecular flexibility index (Phi) is 4.66. The highest BCUT2D eigenvalue weighted by Crippen LogP contribution is 2.43. The summed E-state index contributed by atoms with van der Waals surface area (Å²) >= 11 is 0. The van der Waals surface area contributed by atoms with Gasteiger partial charge in [-0.1, -0.05) is 25.7 Å². The van der Waals surface area contributed by atoms with Crippen molar-refractivity contribution in [1.82, 2.24) is 10.6 Å². The minimum atomic E-state index is -0.771. The molecule has 0 saturated heterocycles. The molecule has 0 aromatic carbocycles. The van der Waals surface area contributed by atoms with Gasteiger partial charge in [0.2, 0.25) is 0 Å². The predicted octanol–water partition coefficient (Wildman–Crippen LogP) is 2.12. The Morgan fingerprint density at radius 1 is 1.16 bits per heavy atom. The standard InChI is InChI=1S/C14H24N2O3/c17-12(18)9-14(6-2-7-14)10-16-13(19)15-8-5-11-3-1-4-11/h11H,1-10H2,(H,17,18)(H2,15,16,19). The van der Waals surface area contributed by atoms with Gasteiger partial charge in [-0.15, -0.1) is 0 Å². The number of urea groups is 1. The quantitative estimate of drug-likeness (QED) is 0.661. The van der Waals surface area contributed by atoms with Crippen molar-refractivity contribution in [3.8, 4) is 0 Å². The molecule has 108 valence electrons. The molecule has 0 spiro atoms. The molecule has 0 heterocycles. The molecule has 0 radical (unpaired) electrons. The summed E-state index contributed by atoms with van der Waals surface area (Å²) in [5.41, 5.74) is -0.197. The van der Waals surface area contributed by atoms with Gasteiger partial charge in [0.1, 0.15) is 0 Å². The van der Waals surface area contributed by atoms with Gasteiger partial charge in [0.05, 0.1) is 6.42 Å². The molecule has 19 heavy (non-hydrogen) atoms. The molecule has 3 N–H and O–H groups in total. The van der Waals surface area contributed by atoms with Crippen molar-refractivity contribution in [2.45, 2.75) is 51.4 Å². The van der Waals surface area contributed by atoms with Gasteiger partial charge in [0, 0.05) is 13.1 Å². The van der Waals surface area contributed by atoms with Crippen LogP contribution in [0.5, 0.6) is 0 Å². The fourth-order valence-electron chi connectivity index (χ4n) is 2.92. The molecule has 0 aromatic rings. The topological polar surface area (TPSA) is 78.4 Å². The van der Waals surface area contributed by atoms with Crippen molar-refractivity contribution in [1.29, 1.82) is 0 Å². The lowest BCUT2D eigenvalue weighted by Crippen LogP contribution is -2.46. The van der Waals surface area contributed by atoms with E-state index < -0.39 is 5.97 Å². The number of carboxylic acids is 1. The largest absolute Gasteiger partial charge is 0.481 e. The lowest BCUT2D eigenvalue weighted by molar-refractivity contribution is -0.141. The highest BCUT2D eigenvalue weighted by molar-refractivity contribution is 5.74. The van der Waals surface area contributed by atoms with Crippen LogP contribution >= 0.6 is 0 Å². The second kappa shape index (κ2) is 6.26. The first-order chi connectivity index (χ1) is 9.10. The van der Waals surface area contributed by atoms with Crippen LogP contribution in [0.15, 0.2) is 0 Å². The molecular formula is C14H24N2O3. The summed E-state index contributed by atoms with van der Waals surface area (Å²) in [6.45, 7) is 1.21. The third kappa shape index (κ3) is 4.11. The third-order valence-electron chi connectivity index (χ3n) is 4.63. The monoisotopic (exact) mass is 268 g/mol. The number of carbonyl (C=O) groups excluding carboxylic acids is 1. The van der Waals surface area contributed by atoms with Gasteiger partial charge in [-0.3, -0.25) is 4.79 Å². The van der Waals surface area contributed by atoms with Gasteiger partial charge in [0.15, 0.2) is 0 Å². The number of hydrogen-bond acceptors (Lipinski definition) is 2. The molecule has 5 nitrogen and oxygen atoms in total. The maximum Gasteiger partial charge on any atom is 0.314 e. The Balaban J connectivity index is 1.60. The van der Waals surface area contributed by atoms with E-state index in [0.29, 0.717) is 6.54 Å². The minimum absolute atomic E-state index is 0.156. The van der Waals surface area contributed by atoms with Crippen molar-refractivity contribution in [3.63, 3.8) is 0 Å². The predicted molar refractivity (Wildman–Crippen MR) is 71.9 cm³/mol. The smallest absolute Gasteiger partial charge is 0.314 e. The van der Waals surface area contributed by atoms with Gasteiger partial charge in [-0.05, 0) is 30.6 Å². The zero-order valence-electron chi connectivity index (χ0n) is 11.4. The SMILES string of the molecule is O=C(O)CC1(CNC(=O)NCCC2CCC2)CCC1. The van der Waals surface area contributed by atoms with Crippen molar-refractivity contribution in [2.75, 3.05) is 13.1 Å². The zero-order chi connectivity index (χ0) is 13.7. The van der Waals surface area contributed by atoms with E-state index in [1.165, 1.54) is 19.3 Å². The van der Waals surface area contributed by atoms with Crippen molar-refractivity contribution in [2.24, 2.45) is 11.3 Å². The van der Waals surface area contributed by atoms with Gasteiger partial charge < -0.3 is 15.7 Å². The first-order valence-electron chi connectivity index (χ1n) is 7.33. The molecule has 0 aromatic heterocycles. The second-order valence-corrected chi connectivity index (χ2v) is 6.12. The van der Waals surface area contributed by atoms with Crippen LogP contribution in [0, 0.1) is 11.3 Å². The molecule has 2 aliphatic carbocycles. The normalized spacial score (nSPS) is 21.1. The van der Waals surface area contributed by atoms with Crippen LogP contribution in [0.1, 0.15) is 51.4 Å². The second-order valence-electron chi connectivity index (χ2n) is 6.12. The fraction of sp³-hybridized carbons (Fsp3) is 0.857. The number of aliphatic carboxylic acids is 1. The molecule has 0 atom stereocenters. The zero-order valence-corrected chi connectivity index (χ0v) is 11.4. The van der Waals surface area contributed by atoms with Crippen LogP contribution in [0.4, 0.5) is 4.79 Å². The third-order valence-corrected chi connectivity index (χ3v) is 4.63. The van der Waals surface area contributed by atoms with Gasteiger partial charge in [-0.25, -0.2) is 4.79 Å². The number of carboxylic acid groups (broad SMARTS) is 1. The van der Waals surface area contributed by atoms with Gasteiger partial charge in [0.25, 0.3) is 0 Å². The summed E-state index contributed by atoms with van der Waals surface area (Å²) in [5.74, 6) is 0.0252. The summed E-state index contributed by atoms with van der Waals surface area (Å²) in [6, 6.07) is -0.156. The van der Waals surface area contributed by atoms with Crippen molar-refractivity contribution >= 4 is 12.0 Å². The van der Waals surface area contributed by atoms with E-state index in [1.54, 1.807) is 0 Å². The molecule has 2 amide bonds. The van der Waals surface area contributed by atoms with Crippen LogP contribution in [0.25, 0.3) is 0 Å². The highest BCUT2D eigenvalue weighted by atomic mass is 16.4. The van der Waals surface area contributed by atoms with E-state index in [2.05, 4.69) is 10.6 Å². The van der Waals surface area contributed by atoms with E-state index in [9.17, 15) is 9.59 Å². The fourth-order valence-corrected chi connectivity index (χ4v) is 2.92. The van der Waals surface area contributed by atoms with E-state index in [1.807, 2.05) is 0 Å². The summed E-state index contributed by atoms with van der Waals surface area (Å²) in [7, 11) is 0. The molecule has 0 unspecified atom stereocenters. The van der Waals surface area contributed by atoms with Crippen LogP contribution in [0.2, 0.25) is 0 Å². The van der Waals surface area contributed by atoms with Crippen LogP contribution < -0.4 is 10.6 Å². The molecule has 0 bridgehead atoms. The molecular weight excluding hydrogens is 244 g/mol. The van der Waals surface area contributed by atoms with E-state index in [0.717, 1.165) is 38.1 Å². The molecule has 2 fully saturated rings. The first-order valence-corrected chi connectivity index (χ1v) is 7.33. The summed E-state index contributed by atoms with van der Waals surface area (Å²) in [5, 5.41) is 14.6. The van der Waals surface area contributed by atoms with E-state index in [-0.39, 0.29) is 17.9 Å². The Morgan fingerprint density at radius 2 is 1.89 bits per heavy atom. The molecule has 2 rings (SSSR count). The van der Waals surface area contributed by atoms with Crippen LogP contribution in [-0.2, 0) is 4.79 Å². The average Bonchev–Trinajstić information content (AvgIpc) is 2.25. The average molecular weight is 268 g/mol. The maximum atomic E-state index is 11.6. The summed E-state index contributed by atoms with van der Waals surface area (Å²) in [6.07, 6.45) is 8.02. The molecule has 5 heteroatoms. The molecule has 2 aliphatic rings. The van der Waals surface area contributed by atoms with Crippen molar-refractivity contribution < 1.29 is 14.7 Å². The Morgan fingerprint density at radius 3 is 2.37 bits per heavy atom. The molecule has 2 saturated carbocycles. The number of rotatable bonds is 7. The van der Waals surface area contributed by atoms with Crippen LogP contribution in [0.3, 0.4) is 0 Å². The van der Waals surface area contributed by atoms with Crippen molar-refractivity contribution in [3.05, 3.63) is 0 Å². The Hall–Kier alpha value is -1.26. The number of hydrogen-bond donors (Lipinski definition) is 3. The maximum absolute atomic E-state index is 11.6. The van der Waals surface area contributed by atoms with Crippen LogP contribution in [-0.4, -0.2) is 30.2 Å². The van der Waals surface area contributed by atoms with Gasteiger partial charge in [-0.2, -0.15) is 0 Å². The Labute approximate surface area is 114 Å². The molecule has 0 aliphatic heterocycles. The van der Waals surface area contributed by atoms with E-state index in [4.69, 9.17) is 5.11 Å². The highest BCUT2D eigenvalue weighted by Gasteiger charge is 2.39. The van der Waals surface area contributed by atoms with E-state index >= 15 is 0 Å². The van der Waals surface area contributed by atoms with Gasteiger partial charge >= 0.3 is 12.0 Å². The number of nitrogens with one attached hydrogen (secondary N) is 2.